The summed E-state index contributed by atoms with van der Waals surface area (Å²) in [5.74, 6) is 0. The molecule has 1 aromatic rings. The lowest BCUT2D eigenvalue weighted by Crippen LogP contribution is -2.32. The Morgan fingerprint density at radius 1 is 1.00 bits per heavy atom. The van der Waals surface area contributed by atoms with E-state index in [-0.39, 0.29) is 5.41 Å². The van der Waals surface area contributed by atoms with Gasteiger partial charge in [0, 0.05) is 6.54 Å². The molecule has 1 heterocycles. The van der Waals surface area contributed by atoms with E-state index in [9.17, 15) is 0 Å². The van der Waals surface area contributed by atoms with Crippen LogP contribution in [0.5, 0.6) is 0 Å². The Kier molecular flexibility index (Phi) is 6.25. The summed E-state index contributed by atoms with van der Waals surface area (Å²) in [6.07, 6.45) is 5.49. The van der Waals surface area contributed by atoms with Crippen molar-refractivity contribution >= 4 is 0 Å². The van der Waals surface area contributed by atoms with Crippen molar-refractivity contribution in [3.05, 3.63) is 35.4 Å². The molecule has 118 valence electrons. The Hall–Kier alpha value is -0.860. The van der Waals surface area contributed by atoms with Crippen LogP contribution in [0.3, 0.4) is 0 Å². The first-order chi connectivity index (χ1) is 10.1. The first kappa shape index (κ1) is 16.5. The van der Waals surface area contributed by atoms with Crippen LogP contribution in [0.25, 0.3) is 0 Å². The van der Waals surface area contributed by atoms with Gasteiger partial charge in [-0.25, -0.2) is 0 Å². The molecule has 0 saturated carbocycles. The third-order valence-electron chi connectivity index (χ3n) is 4.43. The molecule has 0 radical (unpaired) electrons. The zero-order valence-electron chi connectivity index (χ0n) is 14.1. The molecular weight excluding hydrogens is 256 g/mol. The third-order valence-corrected chi connectivity index (χ3v) is 4.43. The number of nitrogens with zero attached hydrogens (tertiary/aromatic N) is 1. The van der Waals surface area contributed by atoms with Crippen molar-refractivity contribution in [2.24, 2.45) is 0 Å². The SMILES string of the molecule is CC(C)(C)c1ccc(CNCCCN2CCCCC2)cc1. The summed E-state index contributed by atoms with van der Waals surface area (Å²) in [6, 6.07) is 9.06. The Morgan fingerprint density at radius 3 is 2.29 bits per heavy atom. The number of benzene rings is 1. The van der Waals surface area contributed by atoms with Crippen LogP contribution < -0.4 is 5.32 Å². The van der Waals surface area contributed by atoms with Gasteiger partial charge in [0.1, 0.15) is 0 Å². The van der Waals surface area contributed by atoms with Gasteiger partial charge in [-0.15, -0.1) is 0 Å². The summed E-state index contributed by atoms with van der Waals surface area (Å²) in [6.45, 7) is 12.8. The Balaban J connectivity index is 1.62. The van der Waals surface area contributed by atoms with Crippen LogP contribution >= 0.6 is 0 Å². The van der Waals surface area contributed by atoms with Gasteiger partial charge in [-0.1, -0.05) is 51.5 Å². The van der Waals surface area contributed by atoms with E-state index in [2.05, 4.69) is 55.3 Å². The highest BCUT2D eigenvalue weighted by Gasteiger charge is 2.12. The summed E-state index contributed by atoms with van der Waals surface area (Å²) in [5, 5.41) is 3.57. The maximum atomic E-state index is 3.57. The van der Waals surface area contributed by atoms with Crippen molar-refractivity contribution in [1.82, 2.24) is 10.2 Å². The number of nitrogens with one attached hydrogen (secondary N) is 1. The molecule has 1 aromatic carbocycles. The molecule has 0 aliphatic carbocycles. The van der Waals surface area contributed by atoms with Gasteiger partial charge in [-0.3, -0.25) is 0 Å². The van der Waals surface area contributed by atoms with E-state index in [1.807, 2.05) is 0 Å². The van der Waals surface area contributed by atoms with Crippen molar-refractivity contribution in [1.29, 1.82) is 0 Å². The number of rotatable bonds is 6. The molecule has 1 aliphatic rings. The van der Waals surface area contributed by atoms with Crippen molar-refractivity contribution in [3.63, 3.8) is 0 Å². The molecule has 21 heavy (non-hydrogen) atoms. The molecular formula is C19H32N2. The summed E-state index contributed by atoms with van der Waals surface area (Å²) in [4.78, 5) is 2.61. The van der Waals surface area contributed by atoms with E-state index in [0.29, 0.717) is 0 Å². The van der Waals surface area contributed by atoms with Gasteiger partial charge in [0.05, 0.1) is 0 Å². The van der Waals surface area contributed by atoms with Gasteiger partial charge < -0.3 is 10.2 Å². The lowest BCUT2D eigenvalue weighted by atomic mass is 9.87. The van der Waals surface area contributed by atoms with E-state index < -0.39 is 0 Å². The molecule has 2 rings (SSSR count). The summed E-state index contributed by atoms with van der Waals surface area (Å²) >= 11 is 0. The molecule has 1 N–H and O–H groups in total. The van der Waals surface area contributed by atoms with Crippen LogP contribution in [0.4, 0.5) is 0 Å². The van der Waals surface area contributed by atoms with E-state index in [4.69, 9.17) is 0 Å². The van der Waals surface area contributed by atoms with Crippen molar-refractivity contribution < 1.29 is 0 Å². The highest BCUT2D eigenvalue weighted by molar-refractivity contribution is 5.27. The number of likely N-dealkylation sites (tertiary alicyclic amines) is 1. The second-order valence-electron chi connectivity index (χ2n) is 7.38. The molecule has 0 atom stereocenters. The van der Waals surface area contributed by atoms with Gasteiger partial charge in [0.25, 0.3) is 0 Å². The summed E-state index contributed by atoms with van der Waals surface area (Å²) < 4.78 is 0. The zero-order chi connectivity index (χ0) is 15.1. The maximum absolute atomic E-state index is 3.57. The van der Waals surface area contributed by atoms with E-state index in [0.717, 1.165) is 13.1 Å². The van der Waals surface area contributed by atoms with Crippen LogP contribution in [-0.2, 0) is 12.0 Å². The van der Waals surface area contributed by atoms with Gasteiger partial charge in [0.15, 0.2) is 0 Å². The molecule has 2 nitrogen and oxygen atoms in total. The Bertz CT molecular complexity index is 397. The minimum absolute atomic E-state index is 0.250. The Labute approximate surface area is 130 Å². The quantitative estimate of drug-likeness (QED) is 0.797. The maximum Gasteiger partial charge on any atom is 0.0205 e. The normalized spacial score (nSPS) is 17.1. The monoisotopic (exact) mass is 288 g/mol. The van der Waals surface area contributed by atoms with Crippen molar-refractivity contribution in [2.45, 2.75) is 58.4 Å². The fourth-order valence-electron chi connectivity index (χ4n) is 2.97. The first-order valence-corrected chi connectivity index (χ1v) is 8.58. The lowest BCUT2D eigenvalue weighted by molar-refractivity contribution is 0.225. The van der Waals surface area contributed by atoms with Gasteiger partial charge in [-0.05, 0) is 62.0 Å². The summed E-state index contributed by atoms with van der Waals surface area (Å²) in [7, 11) is 0. The molecule has 1 saturated heterocycles. The third kappa shape index (κ3) is 5.80. The highest BCUT2D eigenvalue weighted by atomic mass is 15.1. The van der Waals surface area contributed by atoms with Gasteiger partial charge >= 0.3 is 0 Å². The fraction of sp³-hybridized carbons (Fsp3) is 0.684. The zero-order valence-corrected chi connectivity index (χ0v) is 14.1. The van der Waals surface area contributed by atoms with Crippen LogP contribution in [0.15, 0.2) is 24.3 Å². The molecule has 0 unspecified atom stereocenters. The first-order valence-electron chi connectivity index (χ1n) is 8.58. The largest absolute Gasteiger partial charge is 0.313 e. The average molecular weight is 288 g/mol. The number of hydrogen-bond donors (Lipinski definition) is 1. The second-order valence-corrected chi connectivity index (χ2v) is 7.38. The highest BCUT2D eigenvalue weighted by Crippen LogP contribution is 2.22. The summed E-state index contributed by atoms with van der Waals surface area (Å²) in [5.41, 5.74) is 3.05. The molecule has 1 fully saturated rings. The topological polar surface area (TPSA) is 15.3 Å². The molecule has 2 heteroatoms. The molecule has 0 bridgehead atoms. The van der Waals surface area contributed by atoms with E-state index >= 15 is 0 Å². The molecule has 1 aliphatic heterocycles. The second kappa shape index (κ2) is 7.95. The van der Waals surface area contributed by atoms with Crippen LogP contribution in [0, 0.1) is 0 Å². The predicted molar refractivity (Wildman–Crippen MR) is 91.8 cm³/mol. The Morgan fingerprint density at radius 2 is 1.67 bits per heavy atom. The lowest BCUT2D eigenvalue weighted by Gasteiger charge is -2.26. The van der Waals surface area contributed by atoms with Gasteiger partial charge in [-0.2, -0.15) is 0 Å². The van der Waals surface area contributed by atoms with Crippen LogP contribution in [0.2, 0.25) is 0 Å². The fourth-order valence-corrected chi connectivity index (χ4v) is 2.97. The number of hydrogen-bond acceptors (Lipinski definition) is 2. The van der Waals surface area contributed by atoms with Crippen LogP contribution in [-0.4, -0.2) is 31.1 Å². The smallest absolute Gasteiger partial charge is 0.0205 e. The van der Waals surface area contributed by atoms with Crippen molar-refractivity contribution in [3.8, 4) is 0 Å². The van der Waals surface area contributed by atoms with Crippen LogP contribution in [0.1, 0.15) is 57.6 Å². The molecule has 0 amide bonds. The standard InChI is InChI=1S/C19H32N2/c1-19(2,3)18-10-8-17(9-11-18)16-20-12-7-15-21-13-5-4-6-14-21/h8-11,20H,4-7,12-16H2,1-3H3. The van der Waals surface area contributed by atoms with E-state index in [1.54, 1.807) is 0 Å². The molecule has 0 aromatic heterocycles. The van der Waals surface area contributed by atoms with Crippen molar-refractivity contribution in [2.75, 3.05) is 26.2 Å². The minimum Gasteiger partial charge on any atom is -0.313 e. The average Bonchev–Trinajstić information content (AvgIpc) is 2.47. The minimum atomic E-state index is 0.250. The predicted octanol–water partition coefficient (Wildman–Crippen LogP) is 3.95. The van der Waals surface area contributed by atoms with Gasteiger partial charge in [0.2, 0.25) is 0 Å². The molecule has 0 spiro atoms. The van der Waals surface area contributed by atoms with E-state index in [1.165, 1.54) is 56.4 Å². The number of piperidine rings is 1.